The second kappa shape index (κ2) is 12.7. The fourth-order valence-electron chi connectivity index (χ4n) is 7.62. The maximum absolute atomic E-state index is 9.30. The molecular formula is C48H33N3O. The van der Waals surface area contributed by atoms with Crippen LogP contribution in [0.5, 0.6) is 0 Å². The van der Waals surface area contributed by atoms with Crippen LogP contribution in [-0.4, -0.2) is 14.2 Å². The first-order valence-corrected chi connectivity index (χ1v) is 17.4. The molecule has 0 atom stereocenters. The van der Waals surface area contributed by atoms with Gasteiger partial charge in [-0.15, -0.1) is 0 Å². The van der Waals surface area contributed by atoms with E-state index in [1.54, 1.807) is 6.08 Å². The Balaban J connectivity index is 1.19. The summed E-state index contributed by atoms with van der Waals surface area (Å²) in [5.74, 6) is 0. The van der Waals surface area contributed by atoms with Crippen LogP contribution in [0.15, 0.2) is 176 Å². The Morgan fingerprint density at radius 1 is 0.519 bits per heavy atom. The molecule has 0 bridgehead atoms. The van der Waals surface area contributed by atoms with Crippen molar-refractivity contribution < 1.29 is 5.11 Å². The van der Waals surface area contributed by atoms with Crippen molar-refractivity contribution >= 4 is 49.3 Å². The van der Waals surface area contributed by atoms with E-state index in [1.807, 2.05) is 30.3 Å². The molecule has 0 spiro atoms. The van der Waals surface area contributed by atoms with Gasteiger partial charge in [0.25, 0.3) is 0 Å². The molecule has 9 aromatic rings. The molecule has 0 aliphatic carbocycles. The Labute approximate surface area is 301 Å². The first kappa shape index (κ1) is 30.9. The summed E-state index contributed by atoms with van der Waals surface area (Å²) < 4.78 is 4.61. The molecule has 2 aromatic heterocycles. The number of nitrogens with zero attached hydrogens (tertiary/aromatic N) is 3. The summed E-state index contributed by atoms with van der Waals surface area (Å²) in [7, 11) is 0. The Bertz CT molecular complexity index is 2900. The first-order valence-electron chi connectivity index (χ1n) is 17.4. The number of benzene rings is 7. The maximum Gasteiger partial charge on any atom is 0.0991 e. The van der Waals surface area contributed by atoms with Crippen molar-refractivity contribution in [1.82, 2.24) is 9.13 Å². The monoisotopic (exact) mass is 667 g/mol. The van der Waals surface area contributed by atoms with E-state index in [1.165, 1.54) is 21.5 Å². The summed E-state index contributed by atoms with van der Waals surface area (Å²) in [5, 5.41) is 23.3. The zero-order valence-electron chi connectivity index (χ0n) is 28.5. The molecule has 9 rings (SSSR count). The number of aromatic nitrogens is 2. The van der Waals surface area contributed by atoms with Gasteiger partial charge in [-0.25, -0.2) is 0 Å². The van der Waals surface area contributed by atoms with Gasteiger partial charge in [0, 0.05) is 32.9 Å². The summed E-state index contributed by atoms with van der Waals surface area (Å²) in [5.41, 5.74) is 14.2. The lowest BCUT2D eigenvalue weighted by Gasteiger charge is -2.09. The summed E-state index contributed by atoms with van der Waals surface area (Å²) in [6.45, 7) is 2.06. The maximum atomic E-state index is 9.30. The first-order chi connectivity index (χ1) is 25.6. The van der Waals surface area contributed by atoms with Crippen LogP contribution in [0, 0.1) is 11.3 Å². The molecule has 7 aromatic carbocycles. The molecule has 4 heteroatoms. The van der Waals surface area contributed by atoms with E-state index in [2.05, 4.69) is 156 Å². The van der Waals surface area contributed by atoms with Crippen LogP contribution >= 0.6 is 0 Å². The number of hydrogen-bond donors (Lipinski definition) is 1. The Morgan fingerprint density at radius 3 is 1.58 bits per heavy atom. The van der Waals surface area contributed by atoms with Crippen molar-refractivity contribution in [3.05, 3.63) is 182 Å². The molecule has 0 radical (unpaired) electrons. The van der Waals surface area contributed by atoms with Gasteiger partial charge in [-0.1, -0.05) is 91.0 Å². The Morgan fingerprint density at radius 2 is 0.981 bits per heavy atom. The highest BCUT2D eigenvalue weighted by Gasteiger charge is 2.17. The molecule has 0 unspecified atom stereocenters. The second-order valence-electron chi connectivity index (χ2n) is 13.1. The third-order valence-corrected chi connectivity index (χ3v) is 10.1. The van der Waals surface area contributed by atoms with Gasteiger partial charge >= 0.3 is 0 Å². The largest absolute Gasteiger partial charge is 0.516 e. The summed E-state index contributed by atoms with van der Waals surface area (Å²) in [4.78, 5) is 0. The van der Waals surface area contributed by atoms with E-state index >= 15 is 0 Å². The minimum atomic E-state index is 0.662. The number of allylic oxidation sites excluding steroid dienone is 3. The van der Waals surface area contributed by atoms with E-state index in [0.29, 0.717) is 5.56 Å². The molecule has 2 heterocycles. The van der Waals surface area contributed by atoms with Crippen LogP contribution < -0.4 is 0 Å². The van der Waals surface area contributed by atoms with Gasteiger partial charge < -0.3 is 14.2 Å². The normalized spacial score (nSPS) is 12.0. The van der Waals surface area contributed by atoms with E-state index in [9.17, 15) is 10.4 Å². The van der Waals surface area contributed by atoms with Gasteiger partial charge in [-0.2, -0.15) is 5.26 Å². The van der Waals surface area contributed by atoms with E-state index in [0.717, 1.165) is 73.1 Å². The fraction of sp³-hybridized carbons (Fsp3) is 0.0208. The summed E-state index contributed by atoms with van der Waals surface area (Å²) in [6, 6.07) is 58.0. The lowest BCUT2D eigenvalue weighted by atomic mass is 9.97. The minimum absolute atomic E-state index is 0.662. The zero-order valence-corrected chi connectivity index (χ0v) is 28.5. The molecule has 246 valence electrons. The average molecular weight is 668 g/mol. The van der Waals surface area contributed by atoms with Crippen molar-refractivity contribution in [2.24, 2.45) is 0 Å². The van der Waals surface area contributed by atoms with Crippen LogP contribution in [0.1, 0.15) is 12.5 Å². The number of aliphatic hydroxyl groups is 1. The lowest BCUT2D eigenvalue weighted by molar-refractivity contribution is 0.473. The predicted molar refractivity (Wildman–Crippen MR) is 217 cm³/mol. The Hall–Kier alpha value is -7.09. The van der Waals surface area contributed by atoms with Gasteiger partial charge in [0.1, 0.15) is 0 Å². The molecule has 0 saturated carbocycles. The second-order valence-corrected chi connectivity index (χ2v) is 13.1. The molecule has 1 N–H and O–H groups in total. The highest BCUT2D eigenvalue weighted by molar-refractivity contribution is 6.13. The zero-order chi connectivity index (χ0) is 35.2. The van der Waals surface area contributed by atoms with Gasteiger partial charge in [0.2, 0.25) is 0 Å². The molecule has 0 aliphatic rings. The smallest absolute Gasteiger partial charge is 0.0991 e. The standard InChI is InChI=1S/C48H33N3O/c1-32(8-7-27-52)50-45-12-6-5-11-41(45)42-29-38(22-24-46(42)50)39-23-26-48-44(30-39)43-28-37(21-25-47(43)51(48)40-9-3-2-4-10-40)36-19-17-35(18-20-36)34-15-13-33(31-49)14-16-34/h2-30,52H,1H3/b27-7-,32-8+. The quantitative estimate of drug-likeness (QED) is 0.142. The number of rotatable bonds is 6. The van der Waals surface area contributed by atoms with Gasteiger partial charge in [-0.05, 0) is 119 Å². The molecule has 0 amide bonds. The third kappa shape index (κ3) is 5.16. The number of fused-ring (bicyclic) bond motifs is 6. The van der Waals surface area contributed by atoms with Crippen LogP contribution in [0.25, 0.3) is 88.4 Å². The highest BCUT2D eigenvalue weighted by Crippen LogP contribution is 2.39. The van der Waals surface area contributed by atoms with Crippen LogP contribution in [0.4, 0.5) is 0 Å². The molecule has 52 heavy (non-hydrogen) atoms. The lowest BCUT2D eigenvalue weighted by Crippen LogP contribution is -1.93. The van der Waals surface area contributed by atoms with Gasteiger partial charge in [0.15, 0.2) is 0 Å². The van der Waals surface area contributed by atoms with E-state index in [-0.39, 0.29) is 0 Å². The van der Waals surface area contributed by atoms with Crippen LogP contribution in [0.3, 0.4) is 0 Å². The van der Waals surface area contributed by atoms with Crippen molar-refractivity contribution in [2.75, 3.05) is 0 Å². The van der Waals surface area contributed by atoms with Gasteiger partial charge in [-0.3, -0.25) is 0 Å². The number of para-hydroxylation sites is 2. The molecule has 0 fully saturated rings. The Kier molecular flexibility index (Phi) is 7.53. The predicted octanol–water partition coefficient (Wildman–Crippen LogP) is 12.7. The number of aliphatic hydroxyl groups excluding tert-OH is 1. The van der Waals surface area contributed by atoms with E-state index < -0.39 is 0 Å². The third-order valence-electron chi connectivity index (χ3n) is 10.1. The van der Waals surface area contributed by atoms with Gasteiger partial charge in [0.05, 0.1) is 40.0 Å². The van der Waals surface area contributed by atoms with E-state index in [4.69, 9.17) is 0 Å². The molecular weight excluding hydrogens is 635 g/mol. The number of hydrogen-bond acceptors (Lipinski definition) is 2. The SMILES string of the molecule is C/C(=C\C=C/O)n1c2ccccc2c2cc(-c3ccc4c(c3)c3cc(-c5ccc(-c6ccc(C#N)cc6)cc5)ccc3n4-c3ccccc3)ccc21. The van der Waals surface area contributed by atoms with Crippen LogP contribution in [-0.2, 0) is 0 Å². The summed E-state index contributed by atoms with van der Waals surface area (Å²) >= 11 is 0. The fourth-order valence-corrected chi connectivity index (χ4v) is 7.62. The minimum Gasteiger partial charge on any atom is -0.516 e. The highest BCUT2D eigenvalue weighted by atomic mass is 16.2. The molecule has 4 nitrogen and oxygen atoms in total. The average Bonchev–Trinajstić information content (AvgIpc) is 3.72. The van der Waals surface area contributed by atoms with Crippen molar-refractivity contribution in [1.29, 1.82) is 5.26 Å². The van der Waals surface area contributed by atoms with Crippen LogP contribution in [0.2, 0.25) is 0 Å². The van der Waals surface area contributed by atoms with Crippen molar-refractivity contribution in [2.45, 2.75) is 6.92 Å². The topological polar surface area (TPSA) is 53.9 Å². The van der Waals surface area contributed by atoms with Crippen molar-refractivity contribution in [3.8, 4) is 45.1 Å². The van der Waals surface area contributed by atoms with Crippen molar-refractivity contribution in [3.63, 3.8) is 0 Å². The number of nitriles is 1. The summed E-state index contributed by atoms with van der Waals surface area (Å²) in [6.07, 6.45) is 4.65. The molecule has 0 saturated heterocycles. The molecule has 0 aliphatic heterocycles.